The number of urea groups is 1. The largest absolute Gasteiger partial charge is 0.444 e. The SMILES string of the molecule is CC1([C@H](NC(=O)NC(C2CCCCC2)S(=O)(=O)C(C)(C)C)C(=O)N2C[C@H](OC(=O)N3CCc4ccccc4C3)C[C@H]2C(=O)NC(CC2CCC2)C(=O)C(N)=O)CCCCC1. The fraction of sp³-hybridized carbons (Fsp3) is 0.727. The normalized spacial score (nSPS) is 23.9. The highest BCUT2D eigenvalue weighted by Crippen LogP contribution is 2.41. The zero-order valence-corrected chi connectivity index (χ0v) is 36.7. The van der Waals surface area contributed by atoms with E-state index in [1.807, 2.05) is 31.2 Å². The van der Waals surface area contributed by atoms with E-state index < -0.39 is 85.2 Å². The molecule has 0 bridgehead atoms. The number of likely N-dealkylation sites (tertiary alicyclic amines) is 1. The van der Waals surface area contributed by atoms with E-state index in [1.165, 1.54) is 4.90 Å². The number of hydrogen-bond acceptors (Lipinski definition) is 9. The van der Waals surface area contributed by atoms with Crippen molar-refractivity contribution in [3.63, 3.8) is 0 Å². The Hall–Kier alpha value is -4.21. The van der Waals surface area contributed by atoms with E-state index in [0.29, 0.717) is 45.2 Å². The molecule has 6 amide bonds. The van der Waals surface area contributed by atoms with E-state index in [9.17, 15) is 32.4 Å². The number of ether oxygens (including phenoxy) is 1. The van der Waals surface area contributed by atoms with Gasteiger partial charge in [0.2, 0.25) is 17.6 Å². The number of nitrogens with one attached hydrogen (secondary N) is 3. The van der Waals surface area contributed by atoms with Crippen LogP contribution in [0.2, 0.25) is 0 Å². The van der Waals surface area contributed by atoms with Crippen LogP contribution in [0.5, 0.6) is 0 Å². The standard InChI is InChI=1S/C44H66N6O9S/c1-43(2,3)60(57,58)39(30-17-7-5-8-18-30)48-41(55)47-36(44(4)21-11-6-12-22-44)40(54)50-27-32(59-42(56)49-23-20-29-16-9-10-19-31(29)26-49)25-34(50)38(53)46-33(35(51)37(45)52)24-28-14-13-15-28/h9-10,16,19,28,30,32-34,36,39H,5-8,11-15,17-18,20-27H2,1-4H3,(H2,45,52)(H,46,53)(H2,47,48,55)/t32-,33?,34+,36-,39?/m1/s1. The van der Waals surface area contributed by atoms with Gasteiger partial charge in [0.1, 0.15) is 23.6 Å². The number of nitrogens with two attached hydrogens (primary N) is 1. The number of carbonyl (C=O) groups excluding carboxylic acids is 6. The van der Waals surface area contributed by atoms with Crippen molar-refractivity contribution in [1.29, 1.82) is 0 Å². The number of fused-ring (bicyclic) bond motifs is 1. The Morgan fingerprint density at radius 2 is 1.53 bits per heavy atom. The van der Waals surface area contributed by atoms with Gasteiger partial charge in [-0.1, -0.05) is 89.0 Å². The lowest BCUT2D eigenvalue weighted by molar-refractivity contribution is -0.144. The van der Waals surface area contributed by atoms with Gasteiger partial charge in [-0.2, -0.15) is 0 Å². The third kappa shape index (κ3) is 10.3. The topological polar surface area (TPSA) is 214 Å². The number of rotatable bonds is 13. The highest BCUT2D eigenvalue weighted by molar-refractivity contribution is 7.93. The summed E-state index contributed by atoms with van der Waals surface area (Å²) in [4.78, 5) is 85.4. The summed E-state index contributed by atoms with van der Waals surface area (Å²) in [5, 5.41) is 7.30. The lowest BCUT2D eigenvalue weighted by Crippen LogP contribution is -2.63. The van der Waals surface area contributed by atoms with Crippen LogP contribution < -0.4 is 21.7 Å². The second-order valence-electron chi connectivity index (χ2n) is 19.3. The predicted octanol–water partition coefficient (Wildman–Crippen LogP) is 4.64. The number of carbonyl (C=O) groups is 6. The second kappa shape index (κ2) is 18.8. The van der Waals surface area contributed by atoms with Crippen molar-refractivity contribution < 1.29 is 41.9 Å². The summed E-state index contributed by atoms with van der Waals surface area (Å²) in [5.41, 5.74) is 6.81. The Morgan fingerprint density at radius 3 is 2.15 bits per heavy atom. The van der Waals surface area contributed by atoms with Crippen molar-refractivity contribution in [1.82, 2.24) is 25.8 Å². The van der Waals surface area contributed by atoms with Gasteiger partial charge in [0.25, 0.3) is 5.91 Å². The highest BCUT2D eigenvalue weighted by atomic mass is 32.2. The molecular formula is C44H66N6O9S. The third-order valence-corrected chi connectivity index (χ3v) is 16.8. The van der Waals surface area contributed by atoms with Crippen LogP contribution >= 0.6 is 0 Å². The number of benzene rings is 1. The number of ketones is 1. The lowest BCUT2D eigenvalue weighted by atomic mass is 9.70. The molecule has 1 aromatic carbocycles. The van der Waals surface area contributed by atoms with Crippen LogP contribution in [0.15, 0.2) is 24.3 Å². The maximum atomic E-state index is 15.2. The smallest absolute Gasteiger partial charge is 0.410 e. The summed E-state index contributed by atoms with van der Waals surface area (Å²) in [7, 11) is -3.87. The summed E-state index contributed by atoms with van der Waals surface area (Å²) in [5.74, 6) is -3.54. The first-order valence-electron chi connectivity index (χ1n) is 22.2. The molecule has 2 heterocycles. The van der Waals surface area contributed by atoms with Crippen LogP contribution in [-0.4, -0.2) is 101 Å². The number of amides is 6. The minimum absolute atomic E-state index is 0.0855. The van der Waals surface area contributed by atoms with Crippen LogP contribution in [0.4, 0.5) is 9.59 Å². The minimum atomic E-state index is -3.87. The zero-order chi connectivity index (χ0) is 43.4. The molecule has 60 heavy (non-hydrogen) atoms. The van der Waals surface area contributed by atoms with Crippen molar-refractivity contribution in [2.24, 2.45) is 23.0 Å². The average Bonchev–Trinajstić information content (AvgIpc) is 3.63. The van der Waals surface area contributed by atoms with Gasteiger partial charge in [-0.25, -0.2) is 18.0 Å². The molecule has 5 N–H and O–H groups in total. The second-order valence-corrected chi connectivity index (χ2v) is 22.1. The Morgan fingerprint density at radius 1 is 0.883 bits per heavy atom. The Labute approximate surface area is 354 Å². The quantitative estimate of drug-likeness (QED) is 0.203. The van der Waals surface area contributed by atoms with E-state index >= 15 is 4.79 Å². The zero-order valence-electron chi connectivity index (χ0n) is 35.8. The number of nitrogens with zero attached hydrogens (tertiary/aromatic N) is 2. The predicted molar refractivity (Wildman–Crippen MR) is 225 cm³/mol. The van der Waals surface area contributed by atoms with E-state index in [1.54, 1.807) is 25.7 Å². The van der Waals surface area contributed by atoms with Gasteiger partial charge in [0.05, 0.1) is 17.3 Å². The minimum Gasteiger partial charge on any atom is -0.444 e. The molecule has 1 saturated heterocycles. The molecule has 3 aliphatic carbocycles. The summed E-state index contributed by atoms with van der Waals surface area (Å²) >= 11 is 0. The molecule has 4 fully saturated rings. The van der Waals surface area contributed by atoms with Crippen molar-refractivity contribution in [2.45, 2.75) is 171 Å². The Balaban J connectivity index is 1.28. The molecule has 1 aromatic rings. The first kappa shape index (κ1) is 45.3. The van der Waals surface area contributed by atoms with Gasteiger partial charge >= 0.3 is 12.1 Å². The fourth-order valence-electron chi connectivity index (χ4n) is 9.89. The van der Waals surface area contributed by atoms with Crippen molar-refractivity contribution in [3.8, 4) is 0 Å². The van der Waals surface area contributed by atoms with E-state index in [-0.39, 0.29) is 31.2 Å². The van der Waals surface area contributed by atoms with Crippen LogP contribution in [0.25, 0.3) is 0 Å². The molecule has 6 rings (SSSR count). The number of Topliss-reactive ketones (excluding diaryl/α,β-unsaturated/α-hetero) is 1. The monoisotopic (exact) mass is 854 g/mol. The molecule has 5 aliphatic rings. The van der Waals surface area contributed by atoms with Crippen LogP contribution in [-0.2, 0) is 46.7 Å². The molecule has 0 radical (unpaired) electrons. The molecule has 15 nitrogen and oxygen atoms in total. The first-order valence-corrected chi connectivity index (χ1v) is 23.7. The summed E-state index contributed by atoms with van der Waals surface area (Å²) < 4.78 is 32.9. The van der Waals surface area contributed by atoms with Gasteiger partial charge < -0.3 is 36.2 Å². The Bertz CT molecular complexity index is 1880. The van der Waals surface area contributed by atoms with Gasteiger partial charge in [0, 0.05) is 19.5 Å². The molecule has 3 saturated carbocycles. The molecule has 16 heteroatoms. The highest BCUT2D eigenvalue weighted by Gasteiger charge is 2.50. The third-order valence-electron chi connectivity index (χ3n) is 13.9. The van der Waals surface area contributed by atoms with Crippen molar-refractivity contribution >= 4 is 45.5 Å². The van der Waals surface area contributed by atoms with Crippen LogP contribution in [0, 0.1) is 17.3 Å². The molecule has 0 aromatic heterocycles. The molecule has 332 valence electrons. The lowest BCUT2D eigenvalue weighted by Gasteiger charge is -2.42. The van der Waals surface area contributed by atoms with Crippen LogP contribution in [0.1, 0.15) is 135 Å². The van der Waals surface area contributed by atoms with E-state index in [4.69, 9.17) is 10.5 Å². The number of primary amides is 1. The van der Waals surface area contributed by atoms with Gasteiger partial charge in [0.15, 0.2) is 9.84 Å². The van der Waals surface area contributed by atoms with Crippen LogP contribution in [0.3, 0.4) is 0 Å². The summed E-state index contributed by atoms with van der Waals surface area (Å²) in [6, 6.07) is 3.48. The fourth-order valence-corrected chi connectivity index (χ4v) is 11.7. The molecule has 2 unspecified atom stereocenters. The van der Waals surface area contributed by atoms with Gasteiger partial charge in [-0.15, -0.1) is 0 Å². The average molecular weight is 855 g/mol. The van der Waals surface area contributed by atoms with Crippen molar-refractivity contribution in [3.05, 3.63) is 35.4 Å². The van der Waals surface area contributed by atoms with E-state index in [0.717, 1.165) is 68.9 Å². The van der Waals surface area contributed by atoms with Gasteiger partial charge in [-0.3, -0.25) is 19.2 Å². The molecule has 0 spiro atoms. The summed E-state index contributed by atoms with van der Waals surface area (Å²) in [6.07, 6.45) is 9.67. The molecular weight excluding hydrogens is 789 g/mol. The van der Waals surface area contributed by atoms with E-state index in [2.05, 4.69) is 16.0 Å². The van der Waals surface area contributed by atoms with Gasteiger partial charge in [-0.05, 0) is 87.7 Å². The maximum absolute atomic E-state index is 15.2. The summed E-state index contributed by atoms with van der Waals surface area (Å²) in [6.45, 7) is 7.39. The number of sulfone groups is 1. The number of hydrogen-bond donors (Lipinski definition) is 4. The maximum Gasteiger partial charge on any atom is 0.410 e. The first-order chi connectivity index (χ1) is 28.4. The molecule has 5 atom stereocenters. The Kier molecular flexibility index (Phi) is 14.2. The molecule has 2 aliphatic heterocycles. The van der Waals surface area contributed by atoms with Crippen molar-refractivity contribution in [2.75, 3.05) is 13.1 Å².